The Labute approximate surface area is 218 Å². The van der Waals surface area contributed by atoms with Crippen LogP contribution >= 0.6 is 11.3 Å². The zero-order chi connectivity index (χ0) is 26.6. The van der Waals surface area contributed by atoms with Crippen LogP contribution in [-0.4, -0.2) is 45.5 Å². The van der Waals surface area contributed by atoms with Crippen molar-refractivity contribution in [2.24, 2.45) is 0 Å². The summed E-state index contributed by atoms with van der Waals surface area (Å²) in [5.41, 5.74) is 1.47. The van der Waals surface area contributed by atoms with E-state index in [0.29, 0.717) is 33.5 Å². The van der Waals surface area contributed by atoms with E-state index in [1.807, 2.05) is 0 Å². The molecule has 9 nitrogen and oxygen atoms in total. The number of carbonyl (C=O) groups is 1. The van der Waals surface area contributed by atoms with E-state index < -0.39 is 21.8 Å². The van der Waals surface area contributed by atoms with Crippen molar-refractivity contribution in [1.82, 2.24) is 4.98 Å². The van der Waals surface area contributed by atoms with Crippen LogP contribution in [-0.2, 0) is 14.6 Å². The van der Waals surface area contributed by atoms with Gasteiger partial charge in [0.1, 0.15) is 5.75 Å². The van der Waals surface area contributed by atoms with E-state index in [4.69, 9.17) is 19.6 Å². The van der Waals surface area contributed by atoms with Gasteiger partial charge in [0.05, 0.1) is 35.1 Å². The molecule has 4 aromatic rings. The zero-order valence-corrected chi connectivity index (χ0v) is 22.0. The fourth-order valence-corrected chi connectivity index (χ4v) is 5.66. The Morgan fingerprint density at radius 2 is 1.76 bits per heavy atom. The summed E-state index contributed by atoms with van der Waals surface area (Å²) in [7, 11) is -0.591. The first kappa shape index (κ1) is 26.1. The number of benzene rings is 3. The minimum Gasteiger partial charge on any atom is -0.493 e. The van der Waals surface area contributed by atoms with Crippen molar-refractivity contribution in [3.63, 3.8) is 0 Å². The van der Waals surface area contributed by atoms with Crippen LogP contribution in [0.4, 0.5) is 5.13 Å². The number of amides is 1. The maximum atomic E-state index is 13.6. The summed E-state index contributed by atoms with van der Waals surface area (Å²) in [5.74, 6) is 0.658. The van der Waals surface area contributed by atoms with Crippen molar-refractivity contribution in [2.75, 3.05) is 25.3 Å². The van der Waals surface area contributed by atoms with Gasteiger partial charge in [0.15, 0.2) is 26.5 Å². The molecule has 0 aliphatic carbocycles. The third-order valence-electron chi connectivity index (χ3n) is 5.58. The summed E-state index contributed by atoms with van der Waals surface area (Å²) in [4.78, 5) is 18.1. The standard InChI is InChI=1S/C26H25N3O6S2/c1-4-37(31,32)23-8-6-5-7-18(23)24(35-17-11-9-16(15-27)10-12-17)25(30)29-26-28-19-13-20(33-2)21(34-3)14-22(19)36-26/h5-15,24,27H,4H2,1-3H3,(H,28,29,30). The Morgan fingerprint density at radius 1 is 1.08 bits per heavy atom. The smallest absolute Gasteiger partial charge is 0.272 e. The molecule has 0 fully saturated rings. The number of thiazole rings is 1. The highest BCUT2D eigenvalue weighted by Gasteiger charge is 2.30. The van der Waals surface area contributed by atoms with Gasteiger partial charge in [-0.25, -0.2) is 13.4 Å². The first-order valence-corrected chi connectivity index (χ1v) is 13.7. The Hall–Kier alpha value is -3.96. The molecule has 0 aliphatic heterocycles. The monoisotopic (exact) mass is 539 g/mol. The van der Waals surface area contributed by atoms with Crippen LogP contribution in [0.1, 0.15) is 24.2 Å². The molecule has 4 rings (SSSR count). The summed E-state index contributed by atoms with van der Waals surface area (Å²) in [6.07, 6.45) is -0.103. The molecular formula is C26H25N3O6S2. The molecule has 0 radical (unpaired) electrons. The number of ether oxygens (including phenoxy) is 3. The molecule has 37 heavy (non-hydrogen) atoms. The SMILES string of the molecule is CCS(=O)(=O)c1ccccc1C(Oc1ccc(C=N)cc1)C(=O)Nc1nc2cc(OC)c(OC)cc2s1. The maximum absolute atomic E-state index is 13.6. The molecule has 11 heteroatoms. The molecule has 0 spiro atoms. The normalized spacial score (nSPS) is 12.1. The molecule has 1 unspecified atom stereocenters. The van der Waals surface area contributed by atoms with Gasteiger partial charge < -0.3 is 19.6 Å². The van der Waals surface area contributed by atoms with Gasteiger partial charge in [-0.1, -0.05) is 36.5 Å². The van der Waals surface area contributed by atoms with Crippen LogP contribution in [0.25, 0.3) is 10.2 Å². The van der Waals surface area contributed by atoms with Gasteiger partial charge >= 0.3 is 0 Å². The second kappa shape index (κ2) is 11.0. The van der Waals surface area contributed by atoms with Crippen molar-refractivity contribution in [3.05, 3.63) is 71.8 Å². The Bertz CT molecular complexity index is 1510. The summed E-state index contributed by atoms with van der Waals surface area (Å²) in [6, 6.07) is 16.3. The van der Waals surface area contributed by atoms with Crippen LogP contribution < -0.4 is 19.5 Å². The van der Waals surface area contributed by atoms with Crippen molar-refractivity contribution in [1.29, 1.82) is 5.41 Å². The first-order chi connectivity index (χ1) is 17.8. The Balaban J connectivity index is 1.73. The lowest BCUT2D eigenvalue weighted by molar-refractivity contribution is -0.123. The molecule has 1 atom stereocenters. The highest BCUT2D eigenvalue weighted by Crippen LogP contribution is 2.37. The summed E-state index contributed by atoms with van der Waals surface area (Å²) in [5, 5.41) is 10.5. The predicted molar refractivity (Wildman–Crippen MR) is 143 cm³/mol. The number of hydrogen-bond acceptors (Lipinski definition) is 9. The molecule has 0 aliphatic rings. The largest absolute Gasteiger partial charge is 0.493 e. The molecule has 0 saturated carbocycles. The van der Waals surface area contributed by atoms with Gasteiger partial charge in [-0.15, -0.1) is 0 Å². The lowest BCUT2D eigenvalue weighted by atomic mass is 10.1. The molecule has 192 valence electrons. The number of nitrogens with one attached hydrogen (secondary N) is 2. The second-order valence-electron chi connectivity index (χ2n) is 7.84. The van der Waals surface area contributed by atoms with Crippen LogP contribution in [0.15, 0.2) is 65.6 Å². The van der Waals surface area contributed by atoms with Gasteiger partial charge in [0, 0.05) is 23.9 Å². The van der Waals surface area contributed by atoms with Crippen LogP contribution in [0.3, 0.4) is 0 Å². The molecule has 3 aromatic carbocycles. The number of rotatable bonds is 10. The molecule has 0 saturated heterocycles. The lowest BCUT2D eigenvalue weighted by Crippen LogP contribution is -2.27. The minimum atomic E-state index is -3.65. The van der Waals surface area contributed by atoms with Crippen LogP contribution in [0.5, 0.6) is 17.2 Å². The number of nitrogens with zero attached hydrogens (tertiary/aromatic N) is 1. The molecule has 0 bridgehead atoms. The average molecular weight is 540 g/mol. The minimum absolute atomic E-state index is 0.0209. The van der Waals surface area contributed by atoms with E-state index in [0.717, 1.165) is 4.70 Å². The number of carbonyl (C=O) groups excluding carboxylic acids is 1. The third-order valence-corrected chi connectivity index (χ3v) is 8.31. The zero-order valence-electron chi connectivity index (χ0n) is 20.3. The Morgan fingerprint density at radius 3 is 2.41 bits per heavy atom. The molecular weight excluding hydrogens is 514 g/mol. The third kappa shape index (κ3) is 5.57. The highest BCUT2D eigenvalue weighted by atomic mass is 32.2. The second-order valence-corrected chi connectivity index (χ2v) is 11.1. The molecule has 1 amide bonds. The molecule has 1 heterocycles. The summed E-state index contributed by atoms with van der Waals surface area (Å²) >= 11 is 1.24. The first-order valence-electron chi connectivity index (χ1n) is 11.2. The van der Waals surface area contributed by atoms with E-state index in [9.17, 15) is 13.2 Å². The Kier molecular flexibility index (Phi) is 7.74. The number of sulfone groups is 1. The number of hydrogen-bond donors (Lipinski definition) is 2. The van der Waals surface area contributed by atoms with Crippen molar-refractivity contribution in [2.45, 2.75) is 17.9 Å². The van der Waals surface area contributed by atoms with Gasteiger partial charge in [0.2, 0.25) is 6.10 Å². The summed E-state index contributed by atoms with van der Waals surface area (Å²) < 4.78 is 43.2. The van der Waals surface area contributed by atoms with E-state index in [1.54, 1.807) is 61.5 Å². The number of aromatic nitrogens is 1. The van der Waals surface area contributed by atoms with E-state index in [1.165, 1.54) is 37.8 Å². The van der Waals surface area contributed by atoms with Gasteiger partial charge in [-0.2, -0.15) is 0 Å². The average Bonchev–Trinajstić information content (AvgIpc) is 3.31. The summed E-state index contributed by atoms with van der Waals surface area (Å²) in [6.45, 7) is 1.54. The van der Waals surface area contributed by atoms with Crippen molar-refractivity contribution < 1.29 is 27.4 Å². The maximum Gasteiger partial charge on any atom is 0.272 e. The van der Waals surface area contributed by atoms with E-state index in [-0.39, 0.29) is 16.2 Å². The van der Waals surface area contributed by atoms with Crippen LogP contribution in [0.2, 0.25) is 0 Å². The fourth-order valence-electron chi connectivity index (χ4n) is 3.65. The van der Waals surface area contributed by atoms with Crippen molar-refractivity contribution >= 4 is 48.6 Å². The molecule has 1 aromatic heterocycles. The topological polar surface area (TPSA) is 128 Å². The number of methoxy groups -OCH3 is 2. The van der Waals surface area contributed by atoms with E-state index >= 15 is 0 Å². The number of anilines is 1. The fraction of sp³-hybridized carbons (Fsp3) is 0.192. The van der Waals surface area contributed by atoms with Crippen molar-refractivity contribution in [3.8, 4) is 17.2 Å². The van der Waals surface area contributed by atoms with Gasteiger partial charge in [-0.05, 0) is 35.9 Å². The van der Waals surface area contributed by atoms with Crippen LogP contribution in [0, 0.1) is 5.41 Å². The lowest BCUT2D eigenvalue weighted by Gasteiger charge is -2.21. The van der Waals surface area contributed by atoms with Gasteiger partial charge in [-0.3, -0.25) is 10.1 Å². The number of fused-ring (bicyclic) bond motifs is 1. The van der Waals surface area contributed by atoms with Gasteiger partial charge in [0.25, 0.3) is 5.91 Å². The molecule has 2 N–H and O–H groups in total. The quantitative estimate of drug-likeness (QED) is 0.275. The predicted octanol–water partition coefficient (Wildman–Crippen LogP) is 4.86. The highest BCUT2D eigenvalue weighted by molar-refractivity contribution is 7.91. The van der Waals surface area contributed by atoms with E-state index in [2.05, 4.69) is 10.3 Å².